The highest BCUT2D eigenvalue weighted by Crippen LogP contribution is 2.14. The van der Waals surface area contributed by atoms with Gasteiger partial charge in [-0.05, 0) is 13.0 Å². The Morgan fingerprint density at radius 3 is 2.81 bits per heavy atom. The Bertz CT molecular complexity index is 437. The quantitative estimate of drug-likeness (QED) is 0.791. The number of nitrogens with one attached hydrogen (secondary N) is 2. The molecule has 1 aromatic heterocycles. The first-order valence-electron chi connectivity index (χ1n) is 5.12. The molecule has 0 fully saturated rings. The van der Waals surface area contributed by atoms with E-state index in [0.29, 0.717) is 17.7 Å². The van der Waals surface area contributed by atoms with Crippen LogP contribution in [0.25, 0.3) is 0 Å². The van der Waals surface area contributed by atoms with Crippen LogP contribution in [0.2, 0.25) is 0 Å². The number of pyridine rings is 1. The van der Waals surface area contributed by atoms with E-state index in [4.69, 9.17) is 4.74 Å². The summed E-state index contributed by atoms with van der Waals surface area (Å²) < 4.78 is 5.10. The lowest BCUT2D eigenvalue weighted by atomic mass is 10.2. The van der Waals surface area contributed by atoms with Gasteiger partial charge in [-0.15, -0.1) is 0 Å². The van der Waals surface area contributed by atoms with Crippen molar-refractivity contribution in [1.82, 2.24) is 10.3 Å². The number of H-pyrrole nitrogens is 1. The van der Waals surface area contributed by atoms with Crippen LogP contribution in [0.4, 0.5) is 0 Å². The van der Waals surface area contributed by atoms with E-state index in [1.54, 1.807) is 19.9 Å². The summed E-state index contributed by atoms with van der Waals surface area (Å²) in [5, 5.41) is 2.64. The Balaban J connectivity index is 2.94. The second kappa shape index (κ2) is 5.34. The summed E-state index contributed by atoms with van der Waals surface area (Å²) in [6, 6.07) is 1.73. The highest BCUT2D eigenvalue weighted by atomic mass is 16.5. The van der Waals surface area contributed by atoms with E-state index in [0.717, 1.165) is 5.69 Å². The number of aromatic amines is 1. The van der Waals surface area contributed by atoms with Crippen LogP contribution in [0, 0.1) is 6.92 Å². The van der Waals surface area contributed by atoms with Gasteiger partial charge in [-0.3, -0.25) is 9.59 Å². The number of aromatic nitrogens is 1. The first kappa shape index (κ1) is 12.3. The third-order valence-corrected chi connectivity index (χ3v) is 2.23. The fourth-order valence-electron chi connectivity index (χ4n) is 1.35. The Hall–Kier alpha value is -1.78. The molecule has 0 saturated heterocycles. The van der Waals surface area contributed by atoms with Crippen molar-refractivity contribution in [3.05, 3.63) is 27.7 Å². The smallest absolute Gasteiger partial charge is 0.256 e. The third-order valence-electron chi connectivity index (χ3n) is 2.23. The number of methoxy groups -OCH3 is 1. The van der Waals surface area contributed by atoms with Crippen LogP contribution in [-0.4, -0.2) is 18.0 Å². The number of aryl methyl sites for hydroxylation is 1. The molecule has 0 atom stereocenters. The molecule has 0 aliphatic rings. The maximum Gasteiger partial charge on any atom is 0.256 e. The van der Waals surface area contributed by atoms with Gasteiger partial charge in [-0.1, -0.05) is 6.92 Å². The minimum atomic E-state index is -0.228. The summed E-state index contributed by atoms with van der Waals surface area (Å²) >= 11 is 0. The minimum Gasteiger partial charge on any atom is -0.496 e. The molecule has 88 valence electrons. The molecule has 0 radical (unpaired) electrons. The van der Waals surface area contributed by atoms with Crippen molar-refractivity contribution in [1.29, 1.82) is 0 Å². The minimum absolute atomic E-state index is 0.0953. The average molecular weight is 224 g/mol. The van der Waals surface area contributed by atoms with Gasteiger partial charge in [0.05, 0.1) is 19.2 Å². The molecule has 16 heavy (non-hydrogen) atoms. The second-order valence-corrected chi connectivity index (χ2v) is 3.46. The van der Waals surface area contributed by atoms with Gasteiger partial charge in [0.2, 0.25) is 5.91 Å². The number of ether oxygens (including phenoxy) is 1. The SMILES string of the molecule is CCC(=O)NCc1c(OC)cc(C)[nH]c1=O. The number of hydrogen-bond donors (Lipinski definition) is 2. The maximum atomic E-state index is 11.6. The van der Waals surface area contributed by atoms with Crippen LogP contribution in [0.3, 0.4) is 0 Å². The van der Waals surface area contributed by atoms with Crippen LogP contribution in [0.15, 0.2) is 10.9 Å². The van der Waals surface area contributed by atoms with Crippen LogP contribution < -0.4 is 15.6 Å². The summed E-state index contributed by atoms with van der Waals surface area (Å²) in [6.45, 7) is 3.72. The molecule has 1 heterocycles. The summed E-state index contributed by atoms with van der Waals surface area (Å²) in [5.41, 5.74) is 0.940. The van der Waals surface area contributed by atoms with Crippen LogP contribution >= 0.6 is 0 Å². The zero-order valence-electron chi connectivity index (χ0n) is 9.72. The molecule has 0 saturated carbocycles. The normalized spacial score (nSPS) is 9.94. The highest BCUT2D eigenvalue weighted by molar-refractivity contribution is 5.75. The van der Waals surface area contributed by atoms with Crippen molar-refractivity contribution in [3.63, 3.8) is 0 Å². The van der Waals surface area contributed by atoms with Gasteiger partial charge in [0.25, 0.3) is 5.56 Å². The predicted molar refractivity (Wildman–Crippen MR) is 60.5 cm³/mol. The van der Waals surface area contributed by atoms with Gasteiger partial charge in [-0.2, -0.15) is 0 Å². The lowest BCUT2D eigenvalue weighted by Gasteiger charge is -2.09. The Morgan fingerprint density at radius 2 is 2.25 bits per heavy atom. The van der Waals surface area contributed by atoms with E-state index >= 15 is 0 Å². The standard InChI is InChI=1S/C11H16N2O3/c1-4-10(14)12-6-8-9(16-3)5-7(2)13-11(8)15/h5H,4,6H2,1-3H3,(H,12,14)(H,13,15). The van der Waals surface area contributed by atoms with Crippen LogP contribution in [0.5, 0.6) is 5.75 Å². The van der Waals surface area contributed by atoms with Crippen molar-refractivity contribution in [2.24, 2.45) is 0 Å². The first-order valence-corrected chi connectivity index (χ1v) is 5.12. The van der Waals surface area contributed by atoms with E-state index in [-0.39, 0.29) is 18.0 Å². The molecule has 1 rings (SSSR count). The van der Waals surface area contributed by atoms with E-state index in [2.05, 4.69) is 10.3 Å². The molecule has 0 aliphatic carbocycles. The molecule has 0 bridgehead atoms. The van der Waals surface area contributed by atoms with Gasteiger partial charge >= 0.3 is 0 Å². The number of rotatable bonds is 4. The van der Waals surface area contributed by atoms with Crippen LogP contribution in [0.1, 0.15) is 24.6 Å². The number of hydrogen-bond acceptors (Lipinski definition) is 3. The average Bonchev–Trinajstić information content (AvgIpc) is 2.26. The number of carbonyl (C=O) groups excluding carboxylic acids is 1. The van der Waals surface area contributed by atoms with Gasteiger partial charge in [0.15, 0.2) is 0 Å². The molecule has 0 unspecified atom stereocenters. The summed E-state index contributed by atoms with van der Waals surface area (Å²) in [6.07, 6.45) is 0.395. The topological polar surface area (TPSA) is 71.2 Å². The molecule has 5 heteroatoms. The first-order chi connectivity index (χ1) is 7.58. The highest BCUT2D eigenvalue weighted by Gasteiger charge is 2.09. The molecule has 2 N–H and O–H groups in total. The molecular weight excluding hydrogens is 208 g/mol. The molecule has 0 spiro atoms. The van der Waals surface area contributed by atoms with Gasteiger partial charge in [-0.25, -0.2) is 0 Å². The fourth-order valence-corrected chi connectivity index (χ4v) is 1.35. The van der Waals surface area contributed by atoms with E-state index < -0.39 is 0 Å². The summed E-state index contributed by atoms with van der Waals surface area (Å²) in [5.74, 6) is 0.402. The summed E-state index contributed by atoms with van der Waals surface area (Å²) in [7, 11) is 1.50. The van der Waals surface area contributed by atoms with Crippen molar-refractivity contribution in [2.45, 2.75) is 26.8 Å². The summed E-state index contributed by atoms with van der Waals surface area (Å²) in [4.78, 5) is 25.4. The second-order valence-electron chi connectivity index (χ2n) is 3.46. The zero-order chi connectivity index (χ0) is 12.1. The van der Waals surface area contributed by atoms with Crippen LogP contribution in [-0.2, 0) is 11.3 Å². The van der Waals surface area contributed by atoms with Crippen molar-refractivity contribution >= 4 is 5.91 Å². The van der Waals surface area contributed by atoms with Gasteiger partial charge in [0, 0.05) is 12.1 Å². The molecule has 5 nitrogen and oxygen atoms in total. The monoisotopic (exact) mass is 224 g/mol. The molecule has 1 aromatic rings. The van der Waals surface area contributed by atoms with Gasteiger partial charge < -0.3 is 15.0 Å². The van der Waals surface area contributed by atoms with Crippen molar-refractivity contribution < 1.29 is 9.53 Å². The Kier molecular flexibility index (Phi) is 4.10. The van der Waals surface area contributed by atoms with Gasteiger partial charge in [0.1, 0.15) is 5.75 Å². The van der Waals surface area contributed by atoms with E-state index in [9.17, 15) is 9.59 Å². The largest absolute Gasteiger partial charge is 0.496 e. The van der Waals surface area contributed by atoms with E-state index in [1.807, 2.05) is 0 Å². The lowest BCUT2D eigenvalue weighted by molar-refractivity contribution is -0.120. The Labute approximate surface area is 93.8 Å². The molecule has 0 aromatic carbocycles. The number of amides is 1. The predicted octanol–water partition coefficient (Wildman–Crippen LogP) is 0.718. The Morgan fingerprint density at radius 1 is 1.56 bits per heavy atom. The fraction of sp³-hybridized carbons (Fsp3) is 0.455. The molecular formula is C11H16N2O3. The third kappa shape index (κ3) is 2.85. The van der Waals surface area contributed by atoms with Crippen molar-refractivity contribution in [3.8, 4) is 5.75 Å². The molecule has 0 aliphatic heterocycles. The zero-order valence-corrected chi connectivity index (χ0v) is 9.72. The lowest BCUT2D eigenvalue weighted by Crippen LogP contribution is -2.26. The van der Waals surface area contributed by atoms with E-state index in [1.165, 1.54) is 7.11 Å². The molecule has 1 amide bonds. The van der Waals surface area contributed by atoms with Crippen molar-refractivity contribution in [2.75, 3.05) is 7.11 Å². The number of carbonyl (C=O) groups is 1. The maximum absolute atomic E-state index is 11.6.